The van der Waals surface area contributed by atoms with E-state index in [0.717, 1.165) is 13.2 Å². The second-order valence-electron chi connectivity index (χ2n) is 5.31. The fraction of sp³-hybridized carbons (Fsp3) is 0.235. The molecule has 1 aromatic heterocycles. The number of rotatable bonds is 5. The number of halogens is 2. The van der Waals surface area contributed by atoms with Crippen LogP contribution in [0.4, 0.5) is 14.5 Å². The molecule has 0 aliphatic carbocycles. The van der Waals surface area contributed by atoms with E-state index in [-0.39, 0.29) is 17.4 Å². The molecule has 25 heavy (non-hydrogen) atoms. The number of nitrogens with zero attached hydrogens (tertiary/aromatic N) is 1. The van der Waals surface area contributed by atoms with Gasteiger partial charge in [0.2, 0.25) is 5.88 Å². The molecule has 0 radical (unpaired) electrons. The molecule has 0 spiro atoms. The molecule has 8 heteroatoms. The summed E-state index contributed by atoms with van der Waals surface area (Å²) < 4.78 is 37.2. The average Bonchev–Trinajstić information content (AvgIpc) is 2.56. The van der Waals surface area contributed by atoms with Gasteiger partial charge in [-0.3, -0.25) is 4.79 Å². The van der Waals surface area contributed by atoms with Gasteiger partial charge in [0.25, 0.3) is 5.91 Å². The van der Waals surface area contributed by atoms with Crippen molar-refractivity contribution in [2.24, 2.45) is 0 Å². The minimum atomic E-state index is -1.08. The molecule has 132 valence electrons. The van der Waals surface area contributed by atoms with Crippen molar-refractivity contribution >= 4 is 17.6 Å². The molecule has 1 amide bonds. The summed E-state index contributed by atoms with van der Waals surface area (Å²) in [5.41, 5.74) is -0.702. The molecule has 2 rings (SSSR count). The molecule has 1 aromatic carbocycles. The van der Waals surface area contributed by atoms with Crippen LogP contribution in [0, 0.1) is 11.6 Å². The van der Waals surface area contributed by atoms with Crippen LogP contribution in [0.3, 0.4) is 0 Å². The number of aromatic nitrogens is 1. The van der Waals surface area contributed by atoms with Crippen LogP contribution >= 0.6 is 0 Å². The standard InChI is InChI=1S/C17H16F2N2O4/c1-9(2)25-15-5-4-10(8-20-15)16(22)21-14-6-11(17(23)24-3)12(18)7-13(14)19/h4-9H,1-3H3,(H,21,22). The summed E-state index contributed by atoms with van der Waals surface area (Å²) in [5.74, 6) is -3.42. The van der Waals surface area contributed by atoms with E-state index in [0.29, 0.717) is 11.9 Å². The second-order valence-corrected chi connectivity index (χ2v) is 5.31. The van der Waals surface area contributed by atoms with Gasteiger partial charge in [-0.1, -0.05) is 0 Å². The van der Waals surface area contributed by atoms with Crippen molar-refractivity contribution in [3.8, 4) is 5.88 Å². The Labute approximate surface area is 142 Å². The van der Waals surface area contributed by atoms with Gasteiger partial charge in [0.1, 0.15) is 11.6 Å². The highest BCUT2D eigenvalue weighted by atomic mass is 19.1. The lowest BCUT2D eigenvalue weighted by Crippen LogP contribution is -2.15. The first kappa shape index (κ1) is 18.3. The van der Waals surface area contributed by atoms with E-state index in [1.807, 2.05) is 13.8 Å². The smallest absolute Gasteiger partial charge is 0.340 e. The number of amides is 1. The van der Waals surface area contributed by atoms with E-state index in [9.17, 15) is 18.4 Å². The molecule has 0 unspecified atom stereocenters. The van der Waals surface area contributed by atoms with E-state index in [2.05, 4.69) is 15.0 Å². The maximum atomic E-state index is 13.8. The number of ether oxygens (including phenoxy) is 2. The SMILES string of the molecule is COC(=O)c1cc(NC(=O)c2ccc(OC(C)C)nc2)c(F)cc1F. The van der Waals surface area contributed by atoms with Crippen LogP contribution in [0.2, 0.25) is 0 Å². The van der Waals surface area contributed by atoms with Crippen LogP contribution in [-0.2, 0) is 4.74 Å². The largest absolute Gasteiger partial charge is 0.475 e. The zero-order valence-electron chi connectivity index (χ0n) is 13.8. The van der Waals surface area contributed by atoms with Crippen molar-refractivity contribution in [2.75, 3.05) is 12.4 Å². The summed E-state index contributed by atoms with van der Waals surface area (Å²) in [6.07, 6.45) is 1.19. The number of benzene rings is 1. The summed E-state index contributed by atoms with van der Waals surface area (Å²) in [6, 6.07) is 4.32. The van der Waals surface area contributed by atoms with Crippen molar-refractivity contribution in [3.63, 3.8) is 0 Å². The molecular formula is C17H16F2N2O4. The Morgan fingerprint density at radius 3 is 2.44 bits per heavy atom. The van der Waals surface area contributed by atoms with Crippen LogP contribution in [0.25, 0.3) is 0 Å². The first-order valence-electron chi connectivity index (χ1n) is 7.33. The lowest BCUT2D eigenvalue weighted by atomic mass is 10.1. The maximum Gasteiger partial charge on any atom is 0.340 e. The van der Waals surface area contributed by atoms with Crippen molar-refractivity contribution in [2.45, 2.75) is 20.0 Å². The van der Waals surface area contributed by atoms with E-state index < -0.39 is 29.1 Å². The Bertz CT molecular complexity index is 792. The molecule has 0 aliphatic heterocycles. The molecule has 0 saturated carbocycles. The topological polar surface area (TPSA) is 77.5 Å². The highest BCUT2D eigenvalue weighted by Crippen LogP contribution is 2.21. The van der Waals surface area contributed by atoms with E-state index in [1.165, 1.54) is 18.3 Å². The van der Waals surface area contributed by atoms with Crippen molar-refractivity contribution in [3.05, 3.63) is 53.2 Å². The van der Waals surface area contributed by atoms with E-state index >= 15 is 0 Å². The van der Waals surface area contributed by atoms with Crippen molar-refractivity contribution in [1.82, 2.24) is 4.98 Å². The van der Waals surface area contributed by atoms with Crippen LogP contribution in [-0.4, -0.2) is 30.1 Å². The van der Waals surface area contributed by atoms with Gasteiger partial charge in [-0.25, -0.2) is 18.6 Å². The molecule has 1 heterocycles. The summed E-state index contributed by atoms with van der Waals surface area (Å²) >= 11 is 0. The van der Waals surface area contributed by atoms with Crippen LogP contribution in [0.1, 0.15) is 34.6 Å². The van der Waals surface area contributed by atoms with Gasteiger partial charge < -0.3 is 14.8 Å². The summed E-state index contributed by atoms with van der Waals surface area (Å²) in [6.45, 7) is 3.66. The van der Waals surface area contributed by atoms with Gasteiger partial charge in [-0.2, -0.15) is 0 Å². The number of carbonyl (C=O) groups excluding carboxylic acids is 2. The third-order valence-corrected chi connectivity index (χ3v) is 3.07. The van der Waals surface area contributed by atoms with E-state index in [1.54, 1.807) is 0 Å². The van der Waals surface area contributed by atoms with Crippen LogP contribution in [0.5, 0.6) is 5.88 Å². The summed E-state index contributed by atoms with van der Waals surface area (Å²) in [5, 5.41) is 2.26. The predicted molar refractivity (Wildman–Crippen MR) is 85.7 cm³/mol. The molecular weight excluding hydrogens is 334 g/mol. The summed E-state index contributed by atoms with van der Waals surface area (Å²) in [7, 11) is 1.07. The predicted octanol–water partition coefficient (Wildman–Crippen LogP) is 3.19. The average molecular weight is 350 g/mol. The summed E-state index contributed by atoms with van der Waals surface area (Å²) in [4.78, 5) is 27.6. The molecule has 0 atom stereocenters. The minimum Gasteiger partial charge on any atom is -0.475 e. The number of esters is 1. The molecule has 0 saturated heterocycles. The highest BCUT2D eigenvalue weighted by molar-refractivity contribution is 6.04. The van der Waals surface area contributed by atoms with Crippen LogP contribution in [0.15, 0.2) is 30.5 Å². The Morgan fingerprint density at radius 2 is 1.88 bits per heavy atom. The van der Waals surface area contributed by atoms with Crippen molar-refractivity contribution < 1.29 is 27.8 Å². The fourth-order valence-corrected chi connectivity index (χ4v) is 1.93. The van der Waals surface area contributed by atoms with Gasteiger partial charge in [-0.05, 0) is 26.0 Å². The molecule has 0 aliphatic rings. The zero-order valence-corrected chi connectivity index (χ0v) is 13.8. The number of hydrogen-bond donors (Lipinski definition) is 1. The Kier molecular flexibility index (Phi) is 5.63. The maximum absolute atomic E-state index is 13.8. The number of carbonyl (C=O) groups is 2. The fourth-order valence-electron chi connectivity index (χ4n) is 1.93. The number of methoxy groups -OCH3 is 1. The normalized spacial score (nSPS) is 10.5. The monoisotopic (exact) mass is 350 g/mol. The molecule has 1 N–H and O–H groups in total. The van der Waals surface area contributed by atoms with Crippen LogP contribution < -0.4 is 10.1 Å². The van der Waals surface area contributed by atoms with Gasteiger partial charge in [0, 0.05) is 18.3 Å². The van der Waals surface area contributed by atoms with Crippen molar-refractivity contribution in [1.29, 1.82) is 0 Å². The lowest BCUT2D eigenvalue weighted by Gasteiger charge is -2.10. The third-order valence-electron chi connectivity index (χ3n) is 3.07. The zero-order chi connectivity index (χ0) is 18.6. The molecule has 0 fully saturated rings. The van der Waals surface area contributed by atoms with Gasteiger partial charge in [-0.15, -0.1) is 0 Å². The van der Waals surface area contributed by atoms with E-state index in [4.69, 9.17) is 4.74 Å². The second kappa shape index (κ2) is 7.69. The van der Waals surface area contributed by atoms with Gasteiger partial charge in [0.05, 0.1) is 30.0 Å². The minimum absolute atomic E-state index is 0.0720. The van der Waals surface area contributed by atoms with Gasteiger partial charge >= 0.3 is 5.97 Å². The Hall–Kier alpha value is -3.03. The third kappa shape index (κ3) is 4.50. The quantitative estimate of drug-likeness (QED) is 0.838. The lowest BCUT2D eigenvalue weighted by molar-refractivity contribution is 0.0595. The number of nitrogens with one attached hydrogen (secondary N) is 1. The Balaban J connectivity index is 2.21. The Morgan fingerprint density at radius 1 is 1.16 bits per heavy atom. The number of anilines is 1. The molecule has 2 aromatic rings. The number of hydrogen-bond acceptors (Lipinski definition) is 5. The highest BCUT2D eigenvalue weighted by Gasteiger charge is 2.18. The first-order valence-corrected chi connectivity index (χ1v) is 7.33. The van der Waals surface area contributed by atoms with Gasteiger partial charge in [0.15, 0.2) is 0 Å². The number of pyridine rings is 1. The molecule has 0 bridgehead atoms. The molecule has 6 nitrogen and oxygen atoms in total. The first-order chi connectivity index (χ1) is 11.8.